The fraction of sp³-hybridized carbons (Fsp3) is 0.889. The molecule has 0 aliphatic carbocycles. The first-order valence-electron chi connectivity index (χ1n) is 4.39. The van der Waals surface area contributed by atoms with Crippen LogP contribution < -0.4 is 5.11 Å². The van der Waals surface area contributed by atoms with Gasteiger partial charge >= 0.3 is 0 Å². The number of aliphatic carboxylic acids is 1. The first-order valence-corrected chi connectivity index (χ1v) is 4.39. The Bertz CT molecular complexity index is 110. The van der Waals surface area contributed by atoms with Crippen LogP contribution in [0.25, 0.3) is 0 Å². The molecule has 0 aliphatic heterocycles. The molecule has 1 atom stereocenters. The third kappa shape index (κ3) is 5.89. The predicted octanol–water partition coefficient (Wildman–Crippen LogP) is 1.34. The van der Waals surface area contributed by atoms with Crippen molar-refractivity contribution < 1.29 is 9.90 Å². The average Bonchev–Trinajstić information content (AvgIpc) is 1.97. The normalized spacial score (nSPS) is 12.9. The first-order chi connectivity index (χ1) is 5.18. The first kappa shape index (κ1) is 10.5. The van der Waals surface area contributed by atoms with Crippen molar-refractivity contribution in [1.29, 1.82) is 0 Å². The topological polar surface area (TPSA) is 40.1 Å². The SMILES string of the molecule is CCCCCC[C@H](C)C(=O)[O-]. The molecular weight excluding hydrogens is 140 g/mol. The van der Waals surface area contributed by atoms with Gasteiger partial charge in [-0.3, -0.25) is 0 Å². The number of carbonyl (C=O) groups is 1. The molecule has 2 nitrogen and oxygen atoms in total. The van der Waals surface area contributed by atoms with Crippen molar-refractivity contribution in [1.82, 2.24) is 0 Å². The number of carboxylic acid groups (broad SMARTS) is 1. The summed E-state index contributed by atoms with van der Waals surface area (Å²) in [6.45, 7) is 3.85. The number of hydrogen-bond donors (Lipinski definition) is 0. The molecule has 11 heavy (non-hydrogen) atoms. The van der Waals surface area contributed by atoms with Gasteiger partial charge in [0.15, 0.2) is 0 Å². The van der Waals surface area contributed by atoms with Crippen molar-refractivity contribution in [2.24, 2.45) is 5.92 Å². The summed E-state index contributed by atoms with van der Waals surface area (Å²) < 4.78 is 0. The molecular formula is C9H17O2-. The average molecular weight is 157 g/mol. The van der Waals surface area contributed by atoms with E-state index in [1.165, 1.54) is 12.8 Å². The van der Waals surface area contributed by atoms with Gasteiger partial charge < -0.3 is 9.90 Å². The van der Waals surface area contributed by atoms with Crippen LogP contribution in [0.5, 0.6) is 0 Å². The third-order valence-corrected chi connectivity index (χ3v) is 1.89. The molecule has 0 N–H and O–H groups in total. The maximum atomic E-state index is 10.3. The summed E-state index contributed by atoms with van der Waals surface area (Å²) in [7, 11) is 0. The number of rotatable bonds is 6. The maximum Gasteiger partial charge on any atom is 0.0442 e. The van der Waals surface area contributed by atoms with Crippen LogP contribution in [0.1, 0.15) is 46.0 Å². The van der Waals surface area contributed by atoms with E-state index in [1.807, 2.05) is 0 Å². The number of carboxylic acids is 1. The zero-order valence-corrected chi connectivity index (χ0v) is 7.43. The van der Waals surface area contributed by atoms with Gasteiger partial charge in [0.2, 0.25) is 0 Å². The molecule has 0 amide bonds. The minimum atomic E-state index is -0.915. The number of hydrogen-bond acceptors (Lipinski definition) is 2. The van der Waals surface area contributed by atoms with E-state index >= 15 is 0 Å². The summed E-state index contributed by atoms with van der Waals surface area (Å²) in [4.78, 5) is 10.3. The summed E-state index contributed by atoms with van der Waals surface area (Å²) in [5.74, 6) is -1.19. The zero-order valence-electron chi connectivity index (χ0n) is 7.43. The van der Waals surface area contributed by atoms with Crippen molar-refractivity contribution in [3.63, 3.8) is 0 Å². The molecule has 0 spiro atoms. The van der Waals surface area contributed by atoms with Gasteiger partial charge in [0, 0.05) is 5.97 Å². The predicted molar refractivity (Wildman–Crippen MR) is 42.9 cm³/mol. The van der Waals surface area contributed by atoms with Crippen molar-refractivity contribution in [2.75, 3.05) is 0 Å². The van der Waals surface area contributed by atoms with E-state index in [1.54, 1.807) is 6.92 Å². The van der Waals surface area contributed by atoms with Crippen LogP contribution in [0.3, 0.4) is 0 Å². The van der Waals surface area contributed by atoms with Gasteiger partial charge in [-0.05, 0) is 12.3 Å². The van der Waals surface area contributed by atoms with Gasteiger partial charge in [-0.25, -0.2) is 0 Å². The Kier molecular flexibility index (Phi) is 5.90. The lowest BCUT2D eigenvalue weighted by Gasteiger charge is -2.11. The van der Waals surface area contributed by atoms with Crippen LogP contribution in [-0.4, -0.2) is 5.97 Å². The lowest BCUT2D eigenvalue weighted by molar-refractivity contribution is -0.311. The molecule has 0 saturated heterocycles. The van der Waals surface area contributed by atoms with Crippen molar-refractivity contribution in [3.05, 3.63) is 0 Å². The van der Waals surface area contributed by atoms with Gasteiger partial charge in [-0.15, -0.1) is 0 Å². The standard InChI is InChI=1S/C9H18O2/c1-3-4-5-6-7-8(2)9(10)11/h8H,3-7H2,1-2H3,(H,10,11)/p-1/t8-/m0/s1. The summed E-state index contributed by atoms with van der Waals surface area (Å²) in [5, 5.41) is 10.3. The summed E-state index contributed by atoms with van der Waals surface area (Å²) in [5.41, 5.74) is 0. The van der Waals surface area contributed by atoms with E-state index < -0.39 is 5.97 Å². The molecule has 0 aromatic heterocycles. The fourth-order valence-corrected chi connectivity index (χ4v) is 0.995. The Morgan fingerprint density at radius 1 is 1.36 bits per heavy atom. The van der Waals surface area contributed by atoms with Crippen molar-refractivity contribution >= 4 is 5.97 Å². The Hall–Kier alpha value is -0.530. The van der Waals surface area contributed by atoms with Crippen LogP contribution in [0.15, 0.2) is 0 Å². The Balaban J connectivity index is 3.17. The second-order valence-electron chi connectivity index (χ2n) is 3.07. The minimum absolute atomic E-state index is 0.271. The molecule has 0 fully saturated rings. The molecule has 0 aromatic rings. The molecule has 0 aromatic carbocycles. The molecule has 0 saturated carbocycles. The van der Waals surface area contributed by atoms with E-state index in [0.29, 0.717) is 0 Å². The lowest BCUT2D eigenvalue weighted by atomic mass is 10.0. The van der Waals surface area contributed by atoms with Gasteiger partial charge in [0.1, 0.15) is 0 Å². The molecule has 0 heterocycles. The van der Waals surface area contributed by atoms with Gasteiger partial charge in [0.05, 0.1) is 0 Å². The highest BCUT2D eigenvalue weighted by atomic mass is 16.4. The Labute approximate surface area is 68.6 Å². The summed E-state index contributed by atoms with van der Waals surface area (Å²) in [6, 6.07) is 0. The van der Waals surface area contributed by atoms with E-state index in [0.717, 1.165) is 19.3 Å². The fourth-order valence-electron chi connectivity index (χ4n) is 0.995. The Morgan fingerprint density at radius 2 is 2.00 bits per heavy atom. The van der Waals surface area contributed by atoms with E-state index in [2.05, 4.69) is 6.92 Å². The molecule has 0 bridgehead atoms. The maximum absolute atomic E-state index is 10.3. The van der Waals surface area contributed by atoms with Crippen LogP contribution >= 0.6 is 0 Å². The van der Waals surface area contributed by atoms with Gasteiger partial charge in [-0.1, -0.05) is 39.5 Å². The highest BCUT2D eigenvalue weighted by Gasteiger charge is 2.00. The molecule has 0 radical (unpaired) electrons. The highest BCUT2D eigenvalue weighted by Crippen LogP contribution is 2.09. The summed E-state index contributed by atoms with van der Waals surface area (Å²) >= 11 is 0. The molecule has 0 rings (SSSR count). The van der Waals surface area contributed by atoms with Crippen LogP contribution in [-0.2, 0) is 4.79 Å². The molecule has 66 valence electrons. The second-order valence-corrected chi connectivity index (χ2v) is 3.07. The summed E-state index contributed by atoms with van der Waals surface area (Å²) in [6.07, 6.45) is 5.33. The molecule has 0 aliphatic rings. The van der Waals surface area contributed by atoms with Gasteiger partial charge in [0.25, 0.3) is 0 Å². The Morgan fingerprint density at radius 3 is 2.45 bits per heavy atom. The monoisotopic (exact) mass is 157 g/mol. The minimum Gasteiger partial charge on any atom is -0.550 e. The molecule has 0 unspecified atom stereocenters. The highest BCUT2D eigenvalue weighted by molar-refractivity contribution is 5.66. The zero-order chi connectivity index (χ0) is 8.69. The van der Waals surface area contributed by atoms with E-state index in [9.17, 15) is 9.90 Å². The van der Waals surface area contributed by atoms with Crippen LogP contribution in [0.4, 0.5) is 0 Å². The second kappa shape index (κ2) is 6.20. The van der Waals surface area contributed by atoms with Crippen molar-refractivity contribution in [3.8, 4) is 0 Å². The largest absolute Gasteiger partial charge is 0.550 e. The number of carbonyl (C=O) groups excluding carboxylic acids is 1. The number of unbranched alkanes of at least 4 members (excludes halogenated alkanes) is 3. The van der Waals surface area contributed by atoms with Crippen LogP contribution in [0.2, 0.25) is 0 Å². The van der Waals surface area contributed by atoms with E-state index in [4.69, 9.17) is 0 Å². The van der Waals surface area contributed by atoms with Crippen LogP contribution in [0, 0.1) is 5.92 Å². The molecule has 2 heteroatoms. The van der Waals surface area contributed by atoms with Gasteiger partial charge in [-0.2, -0.15) is 0 Å². The quantitative estimate of drug-likeness (QED) is 0.546. The lowest BCUT2D eigenvalue weighted by Crippen LogP contribution is -2.29. The third-order valence-electron chi connectivity index (χ3n) is 1.89. The van der Waals surface area contributed by atoms with Crippen molar-refractivity contribution in [2.45, 2.75) is 46.0 Å². The van der Waals surface area contributed by atoms with E-state index in [-0.39, 0.29) is 5.92 Å². The smallest absolute Gasteiger partial charge is 0.0442 e.